The molecule has 28 heavy (non-hydrogen) atoms. The molecular formula is C20H21F3N2O2S. The first-order chi connectivity index (χ1) is 13.4. The molecule has 1 aromatic heterocycles. The minimum atomic E-state index is -4.77. The fourth-order valence-corrected chi connectivity index (χ4v) is 4.91. The monoisotopic (exact) mass is 410 g/mol. The van der Waals surface area contributed by atoms with Crippen LogP contribution in [0.1, 0.15) is 33.6 Å². The largest absolute Gasteiger partial charge is 0.573 e. The van der Waals surface area contributed by atoms with Gasteiger partial charge in [0.05, 0.1) is 0 Å². The molecule has 4 rings (SSSR count). The molecule has 2 aromatic rings. The Bertz CT molecular complexity index is 844. The molecule has 1 amide bonds. The van der Waals surface area contributed by atoms with Crippen LogP contribution >= 0.6 is 11.3 Å². The lowest BCUT2D eigenvalue weighted by Gasteiger charge is -2.40. The molecule has 0 radical (unpaired) electrons. The predicted molar refractivity (Wildman–Crippen MR) is 100 cm³/mol. The molecule has 2 aliphatic rings. The van der Waals surface area contributed by atoms with E-state index in [9.17, 15) is 18.0 Å². The SMILES string of the molecule is O=C(c1cccc(OC(F)(F)F)c1)N1CCC(N2CCc3sccc3C2)CC1. The zero-order valence-electron chi connectivity index (χ0n) is 15.2. The number of carbonyl (C=O) groups excluding carboxylic acids is 1. The molecule has 1 saturated heterocycles. The first kappa shape index (κ1) is 19.3. The Morgan fingerprint density at radius 1 is 1.14 bits per heavy atom. The van der Waals surface area contributed by atoms with E-state index in [0.717, 1.165) is 38.4 Å². The molecular weight excluding hydrogens is 389 g/mol. The minimum Gasteiger partial charge on any atom is -0.406 e. The van der Waals surface area contributed by atoms with Crippen LogP contribution in [0.25, 0.3) is 0 Å². The van der Waals surface area contributed by atoms with E-state index >= 15 is 0 Å². The lowest BCUT2D eigenvalue weighted by Crippen LogP contribution is -2.47. The van der Waals surface area contributed by atoms with Crippen LogP contribution in [0.3, 0.4) is 0 Å². The van der Waals surface area contributed by atoms with Gasteiger partial charge in [-0.1, -0.05) is 6.07 Å². The first-order valence-electron chi connectivity index (χ1n) is 9.33. The molecule has 0 unspecified atom stereocenters. The summed E-state index contributed by atoms with van der Waals surface area (Å²) in [6.07, 6.45) is -1.93. The van der Waals surface area contributed by atoms with E-state index < -0.39 is 6.36 Å². The molecule has 0 spiro atoms. The van der Waals surface area contributed by atoms with Crippen LogP contribution in [-0.2, 0) is 13.0 Å². The number of halogens is 3. The number of rotatable bonds is 3. The van der Waals surface area contributed by atoms with Gasteiger partial charge in [-0.2, -0.15) is 0 Å². The van der Waals surface area contributed by atoms with Crippen molar-refractivity contribution in [3.8, 4) is 5.75 Å². The van der Waals surface area contributed by atoms with Gasteiger partial charge in [-0.05, 0) is 54.5 Å². The standard InChI is InChI=1S/C20H21F3N2O2S/c21-20(22,23)27-17-3-1-2-14(12-17)19(26)24-8-4-16(5-9-24)25-10-6-18-15(13-25)7-11-28-18/h1-3,7,11-12,16H,4-6,8-10,13H2. The number of thiophene rings is 1. The highest BCUT2D eigenvalue weighted by Gasteiger charge is 2.32. The van der Waals surface area contributed by atoms with Crippen LogP contribution in [0.4, 0.5) is 13.2 Å². The zero-order valence-corrected chi connectivity index (χ0v) is 16.1. The van der Waals surface area contributed by atoms with E-state index in [1.54, 1.807) is 4.90 Å². The molecule has 0 atom stereocenters. The van der Waals surface area contributed by atoms with Crippen LogP contribution in [0.15, 0.2) is 35.7 Å². The summed E-state index contributed by atoms with van der Waals surface area (Å²) >= 11 is 1.82. The maximum Gasteiger partial charge on any atom is 0.573 e. The van der Waals surface area contributed by atoms with Gasteiger partial charge >= 0.3 is 6.36 Å². The normalized spacial score (nSPS) is 18.8. The van der Waals surface area contributed by atoms with Crippen molar-refractivity contribution in [1.29, 1.82) is 0 Å². The average molecular weight is 410 g/mol. The van der Waals surface area contributed by atoms with Crippen molar-refractivity contribution in [1.82, 2.24) is 9.80 Å². The number of fused-ring (bicyclic) bond motifs is 1. The number of benzene rings is 1. The molecule has 3 heterocycles. The van der Waals surface area contributed by atoms with E-state index in [0.29, 0.717) is 19.1 Å². The molecule has 1 aromatic carbocycles. The zero-order chi connectivity index (χ0) is 19.7. The third-order valence-corrected chi connectivity index (χ3v) is 6.44. The molecule has 0 saturated carbocycles. The number of nitrogens with zero attached hydrogens (tertiary/aromatic N) is 2. The third kappa shape index (κ3) is 4.33. The van der Waals surface area contributed by atoms with Crippen molar-refractivity contribution in [3.05, 3.63) is 51.7 Å². The maximum atomic E-state index is 12.7. The van der Waals surface area contributed by atoms with Crippen LogP contribution in [0, 0.1) is 0 Å². The lowest BCUT2D eigenvalue weighted by atomic mass is 9.99. The topological polar surface area (TPSA) is 32.8 Å². The summed E-state index contributed by atoms with van der Waals surface area (Å²) in [5.41, 5.74) is 1.64. The average Bonchev–Trinajstić information content (AvgIpc) is 3.14. The first-order valence-corrected chi connectivity index (χ1v) is 10.2. The lowest BCUT2D eigenvalue weighted by molar-refractivity contribution is -0.274. The summed E-state index contributed by atoms with van der Waals surface area (Å²) < 4.78 is 41.1. The van der Waals surface area contributed by atoms with Gasteiger partial charge in [0.25, 0.3) is 5.91 Å². The quantitative estimate of drug-likeness (QED) is 0.756. The highest BCUT2D eigenvalue weighted by atomic mass is 32.1. The van der Waals surface area contributed by atoms with Gasteiger partial charge in [-0.3, -0.25) is 9.69 Å². The van der Waals surface area contributed by atoms with Crippen LogP contribution in [-0.4, -0.2) is 47.7 Å². The fourth-order valence-electron chi connectivity index (χ4n) is 4.02. The fraction of sp³-hybridized carbons (Fsp3) is 0.450. The van der Waals surface area contributed by atoms with E-state index in [4.69, 9.17) is 0 Å². The van der Waals surface area contributed by atoms with Crippen LogP contribution < -0.4 is 4.74 Å². The summed E-state index contributed by atoms with van der Waals surface area (Å²) in [7, 11) is 0. The van der Waals surface area contributed by atoms with Crippen molar-refractivity contribution < 1.29 is 22.7 Å². The number of alkyl halides is 3. The molecule has 4 nitrogen and oxygen atoms in total. The van der Waals surface area contributed by atoms with Crippen LogP contribution in [0.5, 0.6) is 5.75 Å². The van der Waals surface area contributed by atoms with Crippen molar-refractivity contribution in [2.75, 3.05) is 19.6 Å². The molecule has 2 aliphatic heterocycles. The molecule has 150 valence electrons. The van der Waals surface area contributed by atoms with Crippen molar-refractivity contribution >= 4 is 17.2 Å². The Morgan fingerprint density at radius 3 is 2.68 bits per heavy atom. The van der Waals surface area contributed by atoms with Gasteiger partial charge in [0, 0.05) is 42.7 Å². The van der Waals surface area contributed by atoms with E-state index in [1.165, 1.54) is 28.6 Å². The van der Waals surface area contributed by atoms with Gasteiger partial charge in [0.2, 0.25) is 0 Å². The Labute approximate surface area is 165 Å². The highest BCUT2D eigenvalue weighted by Crippen LogP contribution is 2.29. The minimum absolute atomic E-state index is 0.223. The highest BCUT2D eigenvalue weighted by molar-refractivity contribution is 7.10. The van der Waals surface area contributed by atoms with Crippen molar-refractivity contribution in [2.45, 2.75) is 38.2 Å². The second-order valence-corrected chi connectivity index (χ2v) is 8.19. The van der Waals surface area contributed by atoms with Gasteiger partial charge < -0.3 is 9.64 Å². The van der Waals surface area contributed by atoms with Gasteiger partial charge in [-0.25, -0.2) is 0 Å². The number of piperidine rings is 1. The summed E-state index contributed by atoms with van der Waals surface area (Å²) in [5, 5.41) is 2.14. The number of hydrogen-bond acceptors (Lipinski definition) is 4. The number of hydrogen-bond donors (Lipinski definition) is 0. The maximum absolute atomic E-state index is 12.7. The number of likely N-dealkylation sites (tertiary alicyclic amines) is 1. The second-order valence-electron chi connectivity index (χ2n) is 7.19. The Morgan fingerprint density at radius 2 is 1.93 bits per heavy atom. The van der Waals surface area contributed by atoms with Gasteiger partial charge in [0.15, 0.2) is 0 Å². The van der Waals surface area contributed by atoms with Crippen molar-refractivity contribution in [2.24, 2.45) is 0 Å². The number of amides is 1. The summed E-state index contributed by atoms with van der Waals surface area (Å²) in [5.74, 6) is -0.613. The summed E-state index contributed by atoms with van der Waals surface area (Å²) in [6.45, 7) is 3.24. The molecule has 8 heteroatoms. The summed E-state index contributed by atoms with van der Waals surface area (Å²) in [4.78, 5) is 18.4. The van der Waals surface area contributed by atoms with E-state index in [2.05, 4.69) is 21.1 Å². The van der Waals surface area contributed by atoms with Gasteiger partial charge in [-0.15, -0.1) is 24.5 Å². The number of ether oxygens (including phenoxy) is 1. The molecule has 0 aliphatic carbocycles. The Kier molecular flexibility index (Phi) is 5.33. The number of carbonyl (C=O) groups is 1. The smallest absolute Gasteiger partial charge is 0.406 e. The third-order valence-electron chi connectivity index (χ3n) is 5.42. The van der Waals surface area contributed by atoms with Crippen LogP contribution in [0.2, 0.25) is 0 Å². The predicted octanol–water partition coefficient (Wildman–Crippen LogP) is 4.31. The summed E-state index contributed by atoms with van der Waals surface area (Å²) in [6, 6.07) is 7.93. The van der Waals surface area contributed by atoms with Crippen molar-refractivity contribution in [3.63, 3.8) is 0 Å². The molecule has 0 N–H and O–H groups in total. The molecule has 1 fully saturated rings. The van der Waals surface area contributed by atoms with Gasteiger partial charge in [0.1, 0.15) is 5.75 Å². The van der Waals surface area contributed by atoms with E-state index in [1.807, 2.05) is 11.3 Å². The molecule has 0 bridgehead atoms. The Balaban J connectivity index is 1.35. The van der Waals surface area contributed by atoms with E-state index in [-0.39, 0.29) is 17.2 Å². The Hall–Kier alpha value is -2.06. The second kappa shape index (κ2) is 7.75.